The molecule has 5 aliphatic rings. The molecule has 4 unspecified atom stereocenters. The molecule has 0 radical (unpaired) electrons. The summed E-state index contributed by atoms with van der Waals surface area (Å²) >= 11 is 0. The Morgan fingerprint density at radius 3 is 2.15 bits per heavy atom. The van der Waals surface area contributed by atoms with Crippen LogP contribution in [0.3, 0.4) is 0 Å². The van der Waals surface area contributed by atoms with Crippen LogP contribution in [-0.4, -0.2) is 22.3 Å². The van der Waals surface area contributed by atoms with Crippen LogP contribution < -0.4 is 0 Å². The highest BCUT2D eigenvalue weighted by molar-refractivity contribution is 5.86. The van der Waals surface area contributed by atoms with Gasteiger partial charge in [0, 0.05) is 5.57 Å². The molecular formula is C30H48O3. The number of hydrogen-bond donors (Lipinski definition) is 2. The molecule has 5 fully saturated rings. The van der Waals surface area contributed by atoms with Crippen molar-refractivity contribution in [1.29, 1.82) is 0 Å². The molecule has 0 spiro atoms. The number of carboxylic acids is 1. The number of aliphatic hydroxyl groups excluding tert-OH is 1. The number of fused-ring (bicyclic) bond motifs is 7. The largest absolute Gasteiger partial charge is 0.478 e. The summed E-state index contributed by atoms with van der Waals surface area (Å²) in [5, 5.41) is 20.7. The van der Waals surface area contributed by atoms with E-state index in [4.69, 9.17) is 0 Å². The van der Waals surface area contributed by atoms with E-state index in [2.05, 4.69) is 48.1 Å². The third-order valence-electron chi connectivity index (χ3n) is 13.6. The topological polar surface area (TPSA) is 57.5 Å². The highest BCUT2D eigenvalue weighted by Crippen LogP contribution is 2.77. The summed E-state index contributed by atoms with van der Waals surface area (Å²) < 4.78 is 0. The minimum absolute atomic E-state index is 0.00695. The molecule has 0 aromatic heterocycles. The van der Waals surface area contributed by atoms with Gasteiger partial charge >= 0.3 is 5.97 Å². The maximum absolute atomic E-state index is 12.0. The molecular weight excluding hydrogens is 408 g/mol. The zero-order valence-electron chi connectivity index (χ0n) is 22.0. The Morgan fingerprint density at radius 2 is 1.48 bits per heavy atom. The molecule has 5 rings (SSSR count). The SMILES string of the molecule is C=C(C(=O)O)[C@@H]1CC[C@]2(C)CC[C@]3(C)C(CCC4[C@@]5(C)CC[C@H](O)C(C)(C)C5CC[C@]43C)C12. The Bertz CT molecular complexity index is 861. The summed E-state index contributed by atoms with van der Waals surface area (Å²) in [5.74, 6) is 1.71. The maximum Gasteiger partial charge on any atom is 0.331 e. The van der Waals surface area contributed by atoms with Crippen molar-refractivity contribution in [3.8, 4) is 0 Å². The van der Waals surface area contributed by atoms with Crippen molar-refractivity contribution >= 4 is 5.97 Å². The van der Waals surface area contributed by atoms with Gasteiger partial charge in [-0.2, -0.15) is 0 Å². The second kappa shape index (κ2) is 7.11. The van der Waals surface area contributed by atoms with E-state index in [-0.39, 0.29) is 28.3 Å². The standard InChI is InChI=1S/C30H48O3/c1-18(25(32)33)19-10-13-27(4)16-17-29(6)20(24(19)27)8-9-22-28(5)14-12-23(31)26(2,3)21(28)11-15-30(22,29)7/h19-24,31H,1,8-17H2,2-7H3,(H,32,33)/t19-,20?,21?,22?,23-,24?,27+,28-,29+,30+/m0/s1. The summed E-state index contributed by atoms with van der Waals surface area (Å²) in [6.45, 7) is 19.0. The number of aliphatic carboxylic acids is 1. The molecule has 0 aromatic carbocycles. The van der Waals surface area contributed by atoms with Gasteiger partial charge in [-0.1, -0.05) is 48.1 Å². The number of carboxylic acid groups (broad SMARTS) is 1. The second-order valence-corrected chi connectivity index (χ2v) is 14.7. The number of carbonyl (C=O) groups is 1. The summed E-state index contributed by atoms with van der Waals surface area (Å²) in [6, 6.07) is 0. The van der Waals surface area contributed by atoms with E-state index in [0.29, 0.717) is 40.1 Å². The Morgan fingerprint density at radius 1 is 0.788 bits per heavy atom. The van der Waals surface area contributed by atoms with Gasteiger partial charge in [0.25, 0.3) is 0 Å². The fourth-order valence-corrected chi connectivity index (χ4v) is 11.5. The van der Waals surface area contributed by atoms with Crippen molar-refractivity contribution in [3.63, 3.8) is 0 Å². The minimum Gasteiger partial charge on any atom is -0.478 e. The summed E-state index contributed by atoms with van der Waals surface area (Å²) in [7, 11) is 0. The van der Waals surface area contributed by atoms with Crippen LogP contribution in [0.25, 0.3) is 0 Å². The van der Waals surface area contributed by atoms with Crippen LogP contribution in [0.1, 0.15) is 106 Å². The van der Waals surface area contributed by atoms with Crippen LogP contribution in [0.15, 0.2) is 12.2 Å². The van der Waals surface area contributed by atoms with E-state index < -0.39 is 5.97 Å². The lowest BCUT2D eigenvalue weighted by Crippen LogP contribution is -2.66. The second-order valence-electron chi connectivity index (χ2n) is 14.7. The van der Waals surface area contributed by atoms with Gasteiger partial charge in [0.1, 0.15) is 0 Å². The van der Waals surface area contributed by atoms with Crippen molar-refractivity contribution in [2.75, 3.05) is 0 Å². The van der Waals surface area contributed by atoms with Crippen molar-refractivity contribution in [1.82, 2.24) is 0 Å². The van der Waals surface area contributed by atoms with Gasteiger partial charge in [-0.05, 0) is 121 Å². The zero-order chi connectivity index (χ0) is 24.2. The Balaban J connectivity index is 1.54. The monoisotopic (exact) mass is 456 g/mol. The van der Waals surface area contributed by atoms with Crippen LogP contribution in [0.2, 0.25) is 0 Å². The maximum atomic E-state index is 12.0. The highest BCUT2D eigenvalue weighted by Gasteiger charge is 2.70. The van der Waals surface area contributed by atoms with Crippen LogP contribution in [-0.2, 0) is 4.79 Å². The van der Waals surface area contributed by atoms with Crippen molar-refractivity contribution in [2.45, 2.75) is 112 Å². The number of hydrogen-bond acceptors (Lipinski definition) is 2. The molecule has 5 aliphatic carbocycles. The van der Waals surface area contributed by atoms with E-state index in [0.717, 1.165) is 25.7 Å². The van der Waals surface area contributed by atoms with Gasteiger partial charge in [-0.15, -0.1) is 0 Å². The Hall–Kier alpha value is -0.830. The Kier molecular flexibility index (Phi) is 5.15. The van der Waals surface area contributed by atoms with Crippen LogP contribution >= 0.6 is 0 Å². The fraction of sp³-hybridized carbons (Fsp3) is 0.900. The molecule has 3 heteroatoms. The molecule has 33 heavy (non-hydrogen) atoms. The van der Waals surface area contributed by atoms with Crippen LogP contribution in [0, 0.1) is 56.7 Å². The first kappa shape index (κ1) is 23.9. The average molecular weight is 457 g/mol. The Labute approximate surface area is 201 Å². The molecule has 0 saturated heterocycles. The lowest BCUT2D eigenvalue weighted by atomic mass is 9.32. The van der Waals surface area contributed by atoms with Crippen LogP contribution in [0.5, 0.6) is 0 Å². The molecule has 0 aliphatic heterocycles. The molecule has 5 saturated carbocycles. The van der Waals surface area contributed by atoms with Gasteiger partial charge in [0.2, 0.25) is 0 Å². The van der Waals surface area contributed by atoms with Gasteiger partial charge < -0.3 is 10.2 Å². The lowest BCUT2D eigenvalue weighted by molar-refractivity contribution is -0.246. The lowest BCUT2D eigenvalue weighted by Gasteiger charge is -2.72. The first-order chi connectivity index (χ1) is 15.2. The molecule has 186 valence electrons. The van der Waals surface area contributed by atoms with Gasteiger partial charge in [0.15, 0.2) is 0 Å². The first-order valence-corrected chi connectivity index (χ1v) is 13.8. The van der Waals surface area contributed by atoms with E-state index in [1.807, 2.05) is 0 Å². The van der Waals surface area contributed by atoms with E-state index in [1.54, 1.807) is 0 Å². The van der Waals surface area contributed by atoms with Gasteiger partial charge in [0.05, 0.1) is 6.10 Å². The van der Waals surface area contributed by atoms with Crippen LogP contribution in [0.4, 0.5) is 0 Å². The smallest absolute Gasteiger partial charge is 0.331 e. The predicted molar refractivity (Wildman–Crippen MR) is 133 cm³/mol. The van der Waals surface area contributed by atoms with Gasteiger partial charge in [-0.3, -0.25) is 0 Å². The molecule has 0 heterocycles. The summed E-state index contributed by atoms with van der Waals surface area (Å²) in [4.78, 5) is 12.0. The highest BCUT2D eigenvalue weighted by atomic mass is 16.4. The van der Waals surface area contributed by atoms with E-state index in [9.17, 15) is 15.0 Å². The van der Waals surface area contributed by atoms with Crippen molar-refractivity contribution < 1.29 is 15.0 Å². The molecule has 0 aromatic rings. The van der Waals surface area contributed by atoms with Crippen molar-refractivity contribution in [2.24, 2.45) is 56.7 Å². The molecule has 2 N–H and O–H groups in total. The first-order valence-electron chi connectivity index (χ1n) is 13.8. The number of rotatable bonds is 2. The number of aliphatic hydroxyl groups is 1. The average Bonchev–Trinajstić information content (AvgIpc) is 3.08. The third kappa shape index (κ3) is 2.87. The normalized spacial score (nSPS) is 55.0. The van der Waals surface area contributed by atoms with Gasteiger partial charge in [-0.25, -0.2) is 4.79 Å². The summed E-state index contributed by atoms with van der Waals surface area (Å²) in [6.07, 6.45) is 11.6. The van der Waals surface area contributed by atoms with E-state index >= 15 is 0 Å². The van der Waals surface area contributed by atoms with Crippen molar-refractivity contribution in [3.05, 3.63) is 12.2 Å². The third-order valence-corrected chi connectivity index (χ3v) is 13.6. The molecule has 0 amide bonds. The molecule has 0 bridgehead atoms. The minimum atomic E-state index is -0.785. The quantitative estimate of drug-likeness (QED) is 0.436. The molecule has 3 nitrogen and oxygen atoms in total. The summed E-state index contributed by atoms with van der Waals surface area (Å²) in [5.41, 5.74) is 1.58. The van der Waals surface area contributed by atoms with E-state index in [1.165, 1.54) is 38.5 Å². The predicted octanol–water partition coefficient (Wildman–Crippen LogP) is 7.09. The molecule has 10 atom stereocenters. The fourth-order valence-electron chi connectivity index (χ4n) is 11.5. The zero-order valence-corrected chi connectivity index (χ0v) is 22.0.